The highest BCUT2D eigenvalue weighted by molar-refractivity contribution is 9.11. The summed E-state index contributed by atoms with van der Waals surface area (Å²) in [4.78, 5) is 12.2. The van der Waals surface area contributed by atoms with E-state index in [4.69, 9.17) is 4.74 Å². The van der Waals surface area contributed by atoms with Crippen LogP contribution in [0.2, 0.25) is 0 Å². The Balaban J connectivity index is 2.45. The van der Waals surface area contributed by atoms with Crippen LogP contribution in [0.15, 0.2) is 27.1 Å². The molecule has 0 bridgehead atoms. The van der Waals surface area contributed by atoms with Crippen LogP contribution in [0, 0.1) is 0 Å². The van der Waals surface area contributed by atoms with Crippen LogP contribution in [0.5, 0.6) is 0 Å². The van der Waals surface area contributed by atoms with E-state index in [0.717, 1.165) is 15.4 Å². The summed E-state index contributed by atoms with van der Waals surface area (Å²) >= 11 is 10.2. The first-order valence-electron chi connectivity index (χ1n) is 5.41. The summed E-state index contributed by atoms with van der Waals surface area (Å²) in [6.07, 6.45) is 0.827. The van der Waals surface area contributed by atoms with E-state index in [9.17, 15) is 4.79 Å². The molecule has 0 aromatic heterocycles. The Kier molecular flexibility index (Phi) is 7.44. The Morgan fingerprint density at radius 3 is 2.78 bits per heavy atom. The van der Waals surface area contributed by atoms with Crippen LogP contribution in [0.25, 0.3) is 0 Å². The molecule has 1 unspecified atom stereocenters. The summed E-state index contributed by atoms with van der Waals surface area (Å²) in [6.45, 7) is 1.25. The average Bonchev–Trinajstić information content (AvgIpc) is 2.29. The molecule has 1 N–H and O–H groups in total. The fourth-order valence-electron chi connectivity index (χ4n) is 1.38. The van der Waals surface area contributed by atoms with Crippen LogP contribution >= 0.6 is 47.8 Å². The largest absolute Gasteiger partial charge is 0.384 e. The highest BCUT2D eigenvalue weighted by Crippen LogP contribution is 2.21. The van der Waals surface area contributed by atoms with Gasteiger partial charge in [0.1, 0.15) is 0 Å². The van der Waals surface area contributed by atoms with E-state index in [2.05, 4.69) is 53.1 Å². The molecule has 100 valence electrons. The molecule has 1 rings (SSSR count). The Labute approximate surface area is 132 Å². The van der Waals surface area contributed by atoms with Crippen molar-refractivity contribution in [3.63, 3.8) is 0 Å². The molecule has 0 aliphatic rings. The van der Waals surface area contributed by atoms with Crippen LogP contribution in [0.1, 0.15) is 16.8 Å². The number of ether oxygens (including phenoxy) is 1. The molecular weight excluding hydrogens is 430 g/mol. The van der Waals surface area contributed by atoms with E-state index in [1.165, 1.54) is 0 Å². The molecule has 0 saturated heterocycles. The van der Waals surface area contributed by atoms with E-state index in [-0.39, 0.29) is 10.7 Å². The molecule has 1 aromatic rings. The molecule has 0 aliphatic heterocycles. The van der Waals surface area contributed by atoms with Gasteiger partial charge in [-0.05, 0) is 40.5 Å². The zero-order chi connectivity index (χ0) is 13.5. The lowest BCUT2D eigenvalue weighted by Crippen LogP contribution is -2.27. The van der Waals surface area contributed by atoms with Crippen LogP contribution in [-0.4, -0.2) is 31.0 Å². The lowest BCUT2D eigenvalue weighted by Gasteiger charge is -2.10. The SMILES string of the molecule is COCC(Br)CCNC(=O)c1ccc(Br)cc1Br. The Hall–Kier alpha value is 0.0900. The lowest BCUT2D eigenvalue weighted by molar-refractivity contribution is 0.0951. The standard InChI is InChI=1S/C12H14Br3NO2/c1-18-7-9(14)4-5-16-12(17)10-3-2-8(13)6-11(10)15/h2-3,6,9H,4-5,7H2,1H3,(H,16,17). The fourth-order valence-corrected chi connectivity index (χ4v) is 3.10. The third-order valence-electron chi connectivity index (χ3n) is 2.27. The molecule has 18 heavy (non-hydrogen) atoms. The van der Waals surface area contributed by atoms with Gasteiger partial charge < -0.3 is 10.1 Å². The maximum atomic E-state index is 11.9. The number of halogens is 3. The molecular formula is C12H14Br3NO2. The number of benzene rings is 1. The second-order valence-electron chi connectivity index (χ2n) is 3.72. The summed E-state index contributed by atoms with van der Waals surface area (Å²) in [5.41, 5.74) is 0.635. The topological polar surface area (TPSA) is 38.3 Å². The highest BCUT2D eigenvalue weighted by atomic mass is 79.9. The Bertz CT molecular complexity index is 412. The molecule has 6 heteroatoms. The minimum Gasteiger partial charge on any atom is -0.384 e. The Morgan fingerprint density at radius 1 is 1.44 bits per heavy atom. The Morgan fingerprint density at radius 2 is 2.17 bits per heavy atom. The molecule has 3 nitrogen and oxygen atoms in total. The van der Waals surface area contributed by atoms with Crippen molar-refractivity contribution in [3.8, 4) is 0 Å². The number of carbonyl (C=O) groups excluding carboxylic acids is 1. The van der Waals surface area contributed by atoms with Crippen LogP contribution in [0.4, 0.5) is 0 Å². The first-order chi connectivity index (χ1) is 8.54. The van der Waals surface area contributed by atoms with Crippen molar-refractivity contribution >= 4 is 53.7 Å². The van der Waals surface area contributed by atoms with Crippen molar-refractivity contribution in [1.29, 1.82) is 0 Å². The van der Waals surface area contributed by atoms with Crippen molar-refractivity contribution in [2.75, 3.05) is 20.3 Å². The van der Waals surface area contributed by atoms with E-state index in [1.54, 1.807) is 13.2 Å². The van der Waals surface area contributed by atoms with Gasteiger partial charge in [-0.3, -0.25) is 4.79 Å². The zero-order valence-electron chi connectivity index (χ0n) is 9.88. The first kappa shape index (κ1) is 16.1. The first-order valence-corrected chi connectivity index (χ1v) is 7.91. The molecule has 0 aliphatic carbocycles. The number of methoxy groups -OCH3 is 1. The molecule has 0 fully saturated rings. The van der Waals surface area contributed by atoms with Crippen molar-refractivity contribution in [3.05, 3.63) is 32.7 Å². The van der Waals surface area contributed by atoms with Crippen molar-refractivity contribution in [2.45, 2.75) is 11.2 Å². The van der Waals surface area contributed by atoms with Crippen LogP contribution in [-0.2, 0) is 4.74 Å². The molecule has 1 atom stereocenters. The van der Waals surface area contributed by atoms with E-state index in [1.807, 2.05) is 12.1 Å². The van der Waals surface area contributed by atoms with Crippen LogP contribution in [0.3, 0.4) is 0 Å². The maximum absolute atomic E-state index is 11.9. The van der Waals surface area contributed by atoms with Gasteiger partial charge in [0.05, 0.1) is 12.2 Å². The average molecular weight is 444 g/mol. The van der Waals surface area contributed by atoms with Gasteiger partial charge in [0.15, 0.2) is 0 Å². The molecule has 0 spiro atoms. The number of rotatable bonds is 6. The summed E-state index contributed by atoms with van der Waals surface area (Å²) in [7, 11) is 1.66. The van der Waals surface area contributed by atoms with Gasteiger partial charge in [0, 0.05) is 27.4 Å². The number of nitrogens with one attached hydrogen (secondary N) is 1. The van der Waals surface area contributed by atoms with Crippen LogP contribution < -0.4 is 5.32 Å². The molecule has 1 amide bonds. The smallest absolute Gasteiger partial charge is 0.252 e. The van der Waals surface area contributed by atoms with Gasteiger partial charge in [0.25, 0.3) is 5.91 Å². The van der Waals surface area contributed by atoms with Gasteiger partial charge in [-0.25, -0.2) is 0 Å². The van der Waals surface area contributed by atoms with Crippen molar-refractivity contribution in [1.82, 2.24) is 5.32 Å². The van der Waals surface area contributed by atoms with Gasteiger partial charge in [0.2, 0.25) is 0 Å². The zero-order valence-corrected chi connectivity index (χ0v) is 14.6. The third kappa shape index (κ3) is 5.38. The second kappa shape index (κ2) is 8.30. The number of carbonyl (C=O) groups is 1. The maximum Gasteiger partial charge on any atom is 0.252 e. The summed E-state index contributed by atoms with van der Waals surface area (Å²) in [5, 5.41) is 2.88. The number of amides is 1. The molecule has 0 heterocycles. The fraction of sp³-hybridized carbons (Fsp3) is 0.417. The number of hydrogen-bond acceptors (Lipinski definition) is 2. The molecule has 1 aromatic carbocycles. The number of alkyl halides is 1. The predicted molar refractivity (Wildman–Crippen MR) is 83.4 cm³/mol. The van der Waals surface area contributed by atoms with Crippen molar-refractivity contribution < 1.29 is 9.53 Å². The third-order valence-corrected chi connectivity index (χ3v) is 4.14. The van der Waals surface area contributed by atoms with E-state index < -0.39 is 0 Å². The lowest BCUT2D eigenvalue weighted by atomic mass is 10.2. The quantitative estimate of drug-likeness (QED) is 0.680. The molecule has 0 radical (unpaired) electrons. The van der Waals surface area contributed by atoms with Gasteiger partial charge in [-0.2, -0.15) is 0 Å². The van der Waals surface area contributed by atoms with Gasteiger partial charge in [-0.1, -0.05) is 31.9 Å². The number of hydrogen-bond donors (Lipinski definition) is 1. The second-order valence-corrected chi connectivity index (χ2v) is 6.79. The normalized spacial score (nSPS) is 12.2. The minimum absolute atomic E-state index is 0.0773. The molecule has 0 saturated carbocycles. The highest BCUT2D eigenvalue weighted by Gasteiger charge is 2.10. The van der Waals surface area contributed by atoms with Crippen molar-refractivity contribution in [2.24, 2.45) is 0 Å². The van der Waals surface area contributed by atoms with Gasteiger partial charge >= 0.3 is 0 Å². The minimum atomic E-state index is -0.0773. The summed E-state index contributed by atoms with van der Waals surface area (Å²) in [6, 6.07) is 5.48. The van der Waals surface area contributed by atoms with E-state index >= 15 is 0 Å². The van der Waals surface area contributed by atoms with E-state index in [0.29, 0.717) is 18.7 Å². The summed E-state index contributed by atoms with van der Waals surface area (Å²) < 4.78 is 6.72. The predicted octanol–water partition coefficient (Wildman–Crippen LogP) is 3.74. The monoisotopic (exact) mass is 441 g/mol. The van der Waals surface area contributed by atoms with Gasteiger partial charge in [-0.15, -0.1) is 0 Å². The summed E-state index contributed by atoms with van der Waals surface area (Å²) in [5.74, 6) is -0.0773.